The van der Waals surface area contributed by atoms with Crippen molar-refractivity contribution in [2.45, 2.75) is 78.4 Å². The van der Waals surface area contributed by atoms with E-state index in [-0.39, 0.29) is 48.9 Å². The van der Waals surface area contributed by atoms with Crippen LogP contribution in [0, 0.1) is 34.5 Å². The Morgan fingerprint density at radius 1 is 1.17 bits per heavy atom. The molecule has 1 N–H and O–H groups in total. The van der Waals surface area contributed by atoms with Gasteiger partial charge in [0.15, 0.2) is 18.0 Å². The molecule has 0 aliphatic heterocycles. The number of fused-ring (bicyclic) bond motifs is 5. The molecule has 3 saturated carbocycles. The molecule has 0 saturated heterocycles. The minimum atomic E-state index is -1.57. The summed E-state index contributed by atoms with van der Waals surface area (Å²) in [5.74, 6) is -1.07. The Bertz CT molecular complexity index is 1010. The lowest BCUT2D eigenvalue weighted by Crippen LogP contribution is -2.63. The Kier molecular flexibility index (Phi) is 6.97. The Morgan fingerprint density at radius 2 is 1.89 bits per heavy atom. The van der Waals surface area contributed by atoms with E-state index in [4.69, 9.17) is 14.2 Å². The maximum absolute atomic E-state index is 13.6. The fraction of sp³-hybridized carbons (Fsp3) is 0.714. The van der Waals surface area contributed by atoms with Gasteiger partial charge in [-0.1, -0.05) is 39.3 Å². The van der Waals surface area contributed by atoms with E-state index in [2.05, 4.69) is 6.92 Å². The molecule has 0 bridgehead atoms. The lowest BCUT2D eigenvalue weighted by atomic mass is 9.46. The monoisotopic (exact) mass is 502 g/mol. The number of rotatable bonds is 6. The molecule has 0 aromatic rings. The molecule has 4 aliphatic carbocycles. The summed E-state index contributed by atoms with van der Waals surface area (Å²) in [5.41, 5.74) is -1.83. The first kappa shape index (κ1) is 26.6. The minimum absolute atomic E-state index is 0.00511. The van der Waals surface area contributed by atoms with Gasteiger partial charge < -0.3 is 19.3 Å². The van der Waals surface area contributed by atoms with E-state index in [9.17, 15) is 24.3 Å². The van der Waals surface area contributed by atoms with Gasteiger partial charge in [0.2, 0.25) is 5.78 Å². The predicted molar refractivity (Wildman–Crippen MR) is 130 cm³/mol. The molecule has 0 heterocycles. The number of Topliss-reactive ketones (excluding diaryl/α,β-unsaturated/α-hetero) is 1. The third kappa shape index (κ3) is 4.21. The van der Waals surface area contributed by atoms with Crippen molar-refractivity contribution in [1.82, 2.24) is 0 Å². The van der Waals surface area contributed by atoms with Crippen LogP contribution in [-0.4, -0.2) is 53.7 Å². The molecule has 0 spiro atoms. The van der Waals surface area contributed by atoms with Crippen molar-refractivity contribution in [2.24, 2.45) is 34.5 Å². The highest BCUT2D eigenvalue weighted by molar-refractivity contribution is 6.01. The van der Waals surface area contributed by atoms with Crippen LogP contribution in [-0.2, 0) is 28.6 Å². The Labute approximate surface area is 212 Å². The largest absolute Gasteiger partial charge is 0.509 e. The van der Waals surface area contributed by atoms with Crippen LogP contribution in [0.5, 0.6) is 0 Å². The van der Waals surface area contributed by atoms with Gasteiger partial charge in [-0.3, -0.25) is 14.4 Å². The molecule has 198 valence electrons. The van der Waals surface area contributed by atoms with Crippen LogP contribution in [0.2, 0.25) is 0 Å². The molecule has 36 heavy (non-hydrogen) atoms. The first-order valence-corrected chi connectivity index (χ1v) is 13.0. The summed E-state index contributed by atoms with van der Waals surface area (Å²) in [7, 11) is 0. The third-order valence-electron chi connectivity index (χ3n) is 9.26. The van der Waals surface area contributed by atoms with Gasteiger partial charge in [-0.15, -0.1) is 0 Å². The Hall–Kier alpha value is -2.48. The second-order valence-corrected chi connectivity index (χ2v) is 11.8. The van der Waals surface area contributed by atoms with Crippen LogP contribution in [0.3, 0.4) is 0 Å². The topological polar surface area (TPSA) is 116 Å². The Morgan fingerprint density at radius 3 is 2.56 bits per heavy atom. The van der Waals surface area contributed by atoms with E-state index in [1.807, 2.05) is 26.8 Å². The molecule has 0 aromatic carbocycles. The fourth-order valence-corrected chi connectivity index (χ4v) is 7.69. The van der Waals surface area contributed by atoms with Crippen LogP contribution in [0.25, 0.3) is 0 Å². The zero-order chi connectivity index (χ0) is 26.5. The van der Waals surface area contributed by atoms with Gasteiger partial charge in [-0.05, 0) is 62.0 Å². The van der Waals surface area contributed by atoms with Gasteiger partial charge in [0.25, 0.3) is 0 Å². The highest BCUT2D eigenvalue weighted by atomic mass is 16.7. The predicted octanol–water partition coefficient (Wildman–Crippen LogP) is 3.95. The quantitative estimate of drug-likeness (QED) is 0.543. The SMILES string of the molecule is CC(=O)OCC(=O)[C@@]1(OC(=O)OCC(C)C)CC[C@H]2[C@@H]3CCC4=CC(=O)C=C[C@]4(C)[C@H]3C(O)C[C@@]21C. The summed E-state index contributed by atoms with van der Waals surface area (Å²) in [6, 6.07) is 0. The second kappa shape index (κ2) is 9.43. The second-order valence-electron chi connectivity index (χ2n) is 11.8. The van der Waals surface area contributed by atoms with Crippen molar-refractivity contribution in [1.29, 1.82) is 0 Å². The van der Waals surface area contributed by atoms with E-state index in [1.165, 1.54) is 6.92 Å². The standard InChI is InChI=1S/C28H38O8/c1-16(2)14-35-25(33)36-28(23(32)15-34-17(3)29)11-9-21-20-7-6-18-12-19(30)8-10-26(18,4)24(20)22(31)13-27(21,28)5/h8,10,12,16,20-22,24,31H,6-7,9,11,13-15H2,1-5H3/t20-,21-,22?,24+,26-,27-,28-/m0/s1. The first-order valence-electron chi connectivity index (χ1n) is 13.0. The highest BCUT2D eigenvalue weighted by Crippen LogP contribution is 2.67. The van der Waals surface area contributed by atoms with Crippen molar-refractivity contribution in [3.63, 3.8) is 0 Å². The van der Waals surface area contributed by atoms with Crippen molar-refractivity contribution in [2.75, 3.05) is 13.2 Å². The molecule has 7 atom stereocenters. The minimum Gasteiger partial charge on any atom is -0.458 e. The van der Waals surface area contributed by atoms with Crippen LogP contribution in [0.1, 0.15) is 66.7 Å². The summed E-state index contributed by atoms with van der Waals surface area (Å²) in [4.78, 5) is 50.0. The molecule has 0 amide bonds. The van der Waals surface area contributed by atoms with E-state index in [0.717, 1.165) is 18.4 Å². The van der Waals surface area contributed by atoms with E-state index < -0.39 is 47.0 Å². The number of hydrogen-bond donors (Lipinski definition) is 1. The molecule has 0 aromatic heterocycles. The summed E-state index contributed by atoms with van der Waals surface area (Å²) in [6.45, 7) is 8.67. The molecule has 1 unspecified atom stereocenters. The first-order chi connectivity index (χ1) is 16.8. The van der Waals surface area contributed by atoms with Crippen molar-refractivity contribution in [3.8, 4) is 0 Å². The molecule has 8 nitrogen and oxygen atoms in total. The van der Waals surface area contributed by atoms with Gasteiger partial charge in [-0.2, -0.15) is 0 Å². The van der Waals surface area contributed by atoms with Gasteiger partial charge >= 0.3 is 12.1 Å². The lowest BCUT2D eigenvalue weighted by Gasteiger charge is -2.59. The highest BCUT2D eigenvalue weighted by Gasteiger charge is 2.70. The Balaban J connectivity index is 1.69. The average Bonchev–Trinajstić information content (AvgIpc) is 3.08. The van der Waals surface area contributed by atoms with Crippen LogP contribution in [0.15, 0.2) is 23.8 Å². The fourth-order valence-electron chi connectivity index (χ4n) is 7.69. The normalized spacial score (nSPS) is 39.0. The molecule has 4 aliphatic rings. The zero-order valence-corrected chi connectivity index (χ0v) is 21.9. The number of carbonyl (C=O) groups is 4. The molecule has 0 radical (unpaired) electrons. The number of aliphatic hydroxyl groups is 1. The number of esters is 1. The number of ether oxygens (including phenoxy) is 3. The van der Waals surface area contributed by atoms with Crippen molar-refractivity contribution in [3.05, 3.63) is 23.8 Å². The third-order valence-corrected chi connectivity index (χ3v) is 9.26. The zero-order valence-electron chi connectivity index (χ0n) is 21.9. The van der Waals surface area contributed by atoms with Crippen LogP contribution < -0.4 is 0 Å². The number of ketones is 2. The summed E-state index contributed by atoms with van der Waals surface area (Å²) in [6.07, 6.45) is 6.17. The lowest BCUT2D eigenvalue weighted by molar-refractivity contribution is -0.185. The summed E-state index contributed by atoms with van der Waals surface area (Å²) >= 11 is 0. The van der Waals surface area contributed by atoms with Crippen LogP contribution in [0.4, 0.5) is 4.79 Å². The molecule has 8 heteroatoms. The van der Waals surface area contributed by atoms with E-state index >= 15 is 0 Å². The smallest absolute Gasteiger partial charge is 0.458 e. The molecular weight excluding hydrogens is 464 g/mol. The molecule has 3 fully saturated rings. The van der Waals surface area contributed by atoms with Gasteiger partial charge in [0, 0.05) is 23.7 Å². The maximum Gasteiger partial charge on any atom is 0.509 e. The van der Waals surface area contributed by atoms with Crippen molar-refractivity contribution < 1.29 is 38.5 Å². The number of carbonyl (C=O) groups excluding carboxylic acids is 4. The molecular formula is C28H38O8. The van der Waals surface area contributed by atoms with Gasteiger partial charge in [0.05, 0.1) is 12.7 Å². The van der Waals surface area contributed by atoms with Gasteiger partial charge in [-0.25, -0.2) is 4.79 Å². The van der Waals surface area contributed by atoms with Gasteiger partial charge in [0.1, 0.15) is 0 Å². The average molecular weight is 503 g/mol. The maximum atomic E-state index is 13.6. The molecule has 4 rings (SSSR count). The van der Waals surface area contributed by atoms with Crippen LogP contribution >= 0.6 is 0 Å². The number of allylic oxidation sites excluding steroid dienone is 4. The number of aliphatic hydroxyl groups excluding tert-OH is 1. The summed E-state index contributed by atoms with van der Waals surface area (Å²) < 4.78 is 16.2. The number of hydrogen-bond acceptors (Lipinski definition) is 8. The summed E-state index contributed by atoms with van der Waals surface area (Å²) in [5, 5.41) is 11.6. The van der Waals surface area contributed by atoms with E-state index in [1.54, 1.807) is 12.2 Å². The van der Waals surface area contributed by atoms with E-state index in [0.29, 0.717) is 6.42 Å². The van der Waals surface area contributed by atoms with Crippen molar-refractivity contribution >= 4 is 23.7 Å².